The van der Waals surface area contributed by atoms with Gasteiger partial charge in [0.05, 0.1) is 12.8 Å². The van der Waals surface area contributed by atoms with Crippen LogP contribution in [0.25, 0.3) is 0 Å². The van der Waals surface area contributed by atoms with Gasteiger partial charge >= 0.3 is 0 Å². The van der Waals surface area contributed by atoms with Crippen molar-refractivity contribution in [2.75, 3.05) is 18.6 Å². The number of rotatable bonds is 4. The highest BCUT2D eigenvalue weighted by Gasteiger charge is 2.28. The number of ether oxygens (including phenoxy) is 1. The maximum absolute atomic E-state index is 11.7. The van der Waals surface area contributed by atoms with Crippen molar-refractivity contribution in [2.24, 2.45) is 0 Å². The molecule has 1 unspecified atom stereocenters. The van der Waals surface area contributed by atoms with Gasteiger partial charge < -0.3 is 14.4 Å². The Morgan fingerprint density at radius 3 is 2.86 bits per heavy atom. The minimum absolute atomic E-state index is 0.292. The Kier molecular flexibility index (Phi) is 3.97. The normalized spacial score (nSPS) is 14.7. The maximum Gasteiger partial charge on any atom is 0.146 e. The lowest BCUT2D eigenvalue weighted by molar-refractivity contribution is -0.109. The van der Waals surface area contributed by atoms with Gasteiger partial charge in [0, 0.05) is 11.0 Å². The number of carbonyl (C=O) groups excluding carboxylic acids is 1. The summed E-state index contributed by atoms with van der Waals surface area (Å²) in [5, 5.41) is 0. The Morgan fingerprint density at radius 1 is 1.29 bits per heavy atom. The lowest BCUT2D eigenvalue weighted by atomic mass is 10.1. The van der Waals surface area contributed by atoms with E-state index in [-0.39, 0.29) is 6.04 Å². The number of hydrogen-bond acceptors (Lipinski definition) is 3. The van der Waals surface area contributed by atoms with Crippen LogP contribution in [0.3, 0.4) is 0 Å². The molecule has 0 N–H and O–H groups in total. The third-order valence-corrected chi connectivity index (χ3v) is 4.52. The van der Waals surface area contributed by atoms with Crippen LogP contribution in [-0.2, 0) is 11.2 Å². The Bertz CT molecular complexity index is 672. The number of benzene rings is 2. The molecule has 0 aromatic heterocycles. The van der Waals surface area contributed by atoms with Crippen LogP contribution in [0, 0.1) is 0 Å². The molecule has 3 nitrogen and oxygen atoms in total. The fourth-order valence-corrected chi connectivity index (χ4v) is 3.51. The highest BCUT2D eigenvalue weighted by molar-refractivity contribution is 9.10. The molecule has 0 aliphatic carbocycles. The fraction of sp³-hybridized carbons (Fsp3) is 0.235. The Balaban J connectivity index is 2.01. The zero-order valence-electron chi connectivity index (χ0n) is 11.8. The van der Waals surface area contributed by atoms with E-state index < -0.39 is 0 Å². The van der Waals surface area contributed by atoms with Crippen LogP contribution < -0.4 is 9.64 Å². The minimum atomic E-state index is -0.292. The number of carbonyl (C=O) groups is 1. The van der Waals surface area contributed by atoms with Gasteiger partial charge in [0.15, 0.2) is 0 Å². The number of para-hydroxylation sites is 1. The van der Waals surface area contributed by atoms with Crippen LogP contribution in [0.1, 0.15) is 17.2 Å². The average molecular weight is 346 g/mol. The molecular weight excluding hydrogens is 330 g/mol. The molecule has 0 fully saturated rings. The van der Waals surface area contributed by atoms with E-state index in [1.165, 1.54) is 5.56 Å². The second-order valence-electron chi connectivity index (χ2n) is 5.05. The van der Waals surface area contributed by atoms with Gasteiger partial charge in [-0.3, -0.25) is 0 Å². The summed E-state index contributed by atoms with van der Waals surface area (Å²) >= 11 is 3.60. The zero-order valence-corrected chi connectivity index (χ0v) is 13.3. The average Bonchev–Trinajstić information content (AvgIpc) is 2.94. The molecule has 0 amide bonds. The van der Waals surface area contributed by atoms with Crippen LogP contribution in [0.5, 0.6) is 5.75 Å². The molecular formula is C17H16BrNO2. The minimum Gasteiger partial charge on any atom is -0.497 e. The number of anilines is 1. The van der Waals surface area contributed by atoms with Crippen molar-refractivity contribution in [2.45, 2.75) is 12.5 Å². The van der Waals surface area contributed by atoms with Crippen molar-refractivity contribution in [1.29, 1.82) is 0 Å². The molecule has 1 aliphatic heterocycles. The predicted octanol–water partition coefficient (Wildman–Crippen LogP) is 3.76. The molecule has 4 heteroatoms. The van der Waals surface area contributed by atoms with E-state index in [0.717, 1.165) is 40.7 Å². The van der Waals surface area contributed by atoms with Crippen LogP contribution in [-0.4, -0.2) is 19.9 Å². The highest BCUT2D eigenvalue weighted by Crippen LogP contribution is 2.40. The predicted molar refractivity (Wildman–Crippen MR) is 87.0 cm³/mol. The van der Waals surface area contributed by atoms with Gasteiger partial charge in [0.25, 0.3) is 0 Å². The fourth-order valence-electron chi connectivity index (χ4n) is 2.87. The van der Waals surface area contributed by atoms with Crippen LogP contribution >= 0.6 is 15.9 Å². The SMILES string of the molecule is COc1cccc(C(C=O)N2CCc3cccc(Br)c32)c1. The second kappa shape index (κ2) is 5.90. The summed E-state index contributed by atoms with van der Waals surface area (Å²) in [7, 11) is 1.64. The first-order valence-corrected chi connectivity index (χ1v) is 7.67. The molecule has 0 saturated heterocycles. The summed E-state index contributed by atoms with van der Waals surface area (Å²) in [6.45, 7) is 0.846. The van der Waals surface area contributed by atoms with Crippen molar-refractivity contribution in [3.63, 3.8) is 0 Å². The Hall–Kier alpha value is -1.81. The van der Waals surface area contributed by atoms with Gasteiger partial charge in [-0.1, -0.05) is 24.3 Å². The lowest BCUT2D eigenvalue weighted by Crippen LogP contribution is -2.28. The summed E-state index contributed by atoms with van der Waals surface area (Å²) in [4.78, 5) is 13.9. The standard InChI is InChI=1S/C17H16BrNO2/c1-21-14-6-2-5-13(10-14)16(11-20)19-9-8-12-4-3-7-15(18)17(12)19/h2-7,10-11,16H,8-9H2,1H3. The van der Waals surface area contributed by atoms with Gasteiger partial charge in [-0.15, -0.1) is 0 Å². The van der Waals surface area contributed by atoms with E-state index in [9.17, 15) is 4.79 Å². The largest absolute Gasteiger partial charge is 0.497 e. The second-order valence-corrected chi connectivity index (χ2v) is 5.90. The van der Waals surface area contributed by atoms with Crippen LogP contribution in [0.2, 0.25) is 0 Å². The van der Waals surface area contributed by atoms with E-state index in [0.29, 0.717) is 0 Å². The molecule has 1 heterocycles. The topological polar surface area (TPSA) is 29.5 Å². The molecule has 0 saturated carbocycles. The van der Waals surface area contributed by atoms with Crippen LogP contribution in [0.15, 0.2) is 46.9 Å². The molecule has 1 aliphatic rings. The number of halogens is 1. The molecule has 2 aromatic carbocycles. The van der Waals surface area contributed by atoms with Gasteiger partial charge in [-0.2, -0.15) is 0 Å². The van der Waals surface area contributed by atoms with Gasteiger partial charge in [-0.05, 0) is 51.7 Å². The summed E-state index contributed by atoms with van der Waals surface area (Å²) in [5.74, 6) is 0.769. The third kappa shape index (κ3) is 2.56. The van der Waals surface area contributed by atoms with E-state index in [2.05, 4.69) is 26.9 Å². The molecule has 0 spiro atoms. The summed E-state index contributed by atoms with van der Waals surface area (Å²) in [5.41, 5.74) is 3.35. The quantitative estimate of drug-likeness (QED) is 0.790. The first kappa shape index (κ1) is 14.1. The number of nitrogens with zero attached hydrogens (tertiary/aromatic N) is 1. The van der Waals surface area contributed by atoms with Gasteiger partial charge in [-0.25, -0.2) is 0 Å². The monoisotopic (exact) mass is 345 g/mol. The lowest BCUT2D eigenvalue weighted by Gasteiger charge is -2.27. The van der Waals surface area contributed by atoms with Crippen molar-refractivity contribution in [3.05, 3.63) is 58.1 Å². The summed E-state index contributed by atoms with van der Waals surface area (Å²) < 4.78 is 6.30. The van der Waals surface area contributed by atoms with Gasteiger partial charge in [0.2, 0.25) is 0 Å². The molecule has 21 heavy (non-hydrogen) atoms. The number of fused-ring (bicyclic) bond motifs is 1. The maximum atomic E-state index is 11.7. The van der Waals surface area contributed by atoms with Crippen LogP contribution in [0.4, 0.5) is 5.69 Å². The third-order valence-electron chi connectivity index (χ3n) is 3.88. The summed E-state index contributed by atoms with van der Waals surface area (Å²) in [6.07, 6.45) is 1.96. The zero-order chi connectivity index (χ0) is 14.8. The van der Waals surface area contributed by atoms with Crippen molar-refractivity contribution < 1.29 is 9.53 Å². The van der Waals surface area contributed by atoms with E-state index in [4.69, 9.17) is 4.74 Å². The smallest absolute Gasteiger partial charge is 0.146 e. The Morgan fingerprint density at radius 2 is 2.10 bits per heavy atom. The van der Waals surface area contributed by atoms with E-state index in [1.54, 1.807) is 7.11 Å². The van der Waals surface area contributed by atoms with Gasteiger partial charge in [0.1, 0.15) is 18.1 Å². The number of methoxy groups -OCH3 is 1. The first-order chi connectivity index (χ1) is 10.2. The molecule has 3 rings (SSSR count). The molecule has 0 bridgehead atoms. The molecule has 0 radical (unpaired) electrons. The molecule has 2 aromatic rings. The van der Waals surface area contributed by atoms with Crippen molar-refractivity contribution in [1.82, 2.24) is 0 Å². The molecule has 108 valence electrons. The first-order valence-electron chi connectivity index (χ1n) is 6.88. The van der Waals surface area contributed by atoms with E-state index in [1.807, 2.05) is 36.4 Å². The summed E-state index contributed by atoms with van der Waals surface area (Å²) in [6, 6.07) is 13.6. The Labute approximate surface area is 132 Å². The van der Waals surface area contributed by atoms with E-state index >= 15 is 0 Å². The number of aldehydes is 1. The number of hydrogen-bond donors (Lipinski definition) is 0. The van der Waals surface area contributed by atoms with Crippen molar-refractivity contribution >= 4 is 27.9 Å². The molecule has 1 atom stereocenters. The van der Waals surface area contributed by atoms with Crippen molar-refractivity contribution in [3.8, 4) is 5.75 Å². The highest BCUT2D eigenvalue weighted by atomic mass is 79.9.